The van der Waals surface area contributed by atoms with Gasteiger partial charge >= 0.3 is 0 Å². The number of fused-ring (bicyclic) bond motifs is 1. The number of rotatable bonds is 5. The van der Waals surface area contributed by atoms with E-state index in [1.54, 1.807) is 7.11 Å². The molecule has 0 amide bonds. The van der Waals surface area contributed by atoms with Gasteiger partial charge in [-0.15, -0.1) is 10.2 Å². The summed E-state index contributed by atoms with van der Waals surface area (Å²) in [4.78, 5) is 0.832. The standard InChI is InChI=1S/C15H16N4OS/c1-3-6-13-16-17-15-19(13)18-14(21-15)10-9-11-7-4-5-8-12(11)20-2/h4-5,7-10H,3,6H2,1-2H3. The number of hydrogen-bond donors (Lipinski definition) is 0. The van der Waals surface area contributed by atoms with E-state index in [2.05, 4.69) is 22.2 Å². The Morgan fingerprint density at radius 2 is 2.10 bits per heavy atom. The summed E-state index contributed by atoms with van der Waals surface area (Å²) in [6, 6.07) is 7.90. The van der Waals surface area contributed by atoms with E-state index in [1.165, 1.54) is 11.3 Å². The molecule has 0 atom stereocenters. The van der Waals surface area contributed by atoms with Crippen LogP contribution in [0.2, 0.25) is 0 Å². The molecule has 1 aromatic carbocycles. The molecule has 108 valence electrons. The zero-order chi connectivity index (χ0) is 14.7. The summed E-state index contributed by atoms with van der Waals surface area (Å²) in [6.45, 7) is 2.12. The normalized spacial score (nSPS) is 11.5. The highest BCUT2D eigenvalue weighted by Gasteiger charge is 2.09. The van der Waals surface area contributed by atoms with E-state index >= 15 is 0 Å². The zero-order valence-electron chi connectivity index (χ0n) is 12.0. The molecule has 0 aliphatic heterocycles. The third-order valence-electron chi connectivity index (χ3n) is 3.09. The molecule has 0 saturated carbocycles. The minimum Gasteiger partial charge on any atom is -0.496 e. The summed E-state index contributed by atoms with van der Waals surface area (Å²) >= 11 is 1.53. The van der Waals surface area contributed by atoms with Crippen LogP contribution in [-0.4, -0.2) is 26.9 Å². The number of aromatic nitrogens is 4. The quantitative estimate of drug-likeness (QED) is 0.725. The van der Waals surface area contributed by atoms with Gasteiger partial charge in [-0.05, 0) is 24.6 Å². The Labute approximate surface area is 126 Å². The van der Waals surface area contributed by atoms with E-state index in [9.17, 15) is 0 Å². The minimum absolute atomic E-state index is 0.832. The molecule has 0 aliphatic rings. The Morgan fingerprint density at radius 3 is 2.90 bits per heavy atom. The van der Waals surface area contributed by atoms with Crippen LogP contribution in [0.15, 0.2) is 24.3 Å². The van der Waals surface area contributed by atoms with Crippen LogP contribution in [0.25, 0.3) is 17.1 Å². The molecule has 0 aliphatic carbocycles. The molecular formula is C15H16N4OS. The van der Waals surface area contributed by atoms with Crippen molar-refractivity contribution in [2.45, 2.75) is 19.8 Å². The molecule has 0 radical (unpaired) electrons. The molecular weight excluding hydrogens is 284 g/mol. The van der Waals surface area contributed by atoms with E-state index in [1.807, 2.05) is 40.9 Å². The van der Waals surface area contributed by atoms with E-state index in [-0.39, 0.29) is 0 Å². The van der Waals surface area contributed by atoms with Gasteiger partial charge in [0.15, 0.2) is 5.82 Å². The second kappa shape index (κ2) is 6.05. The van der Waals surface area contributed by atoms with Crippen molar-refractivity contribution in [3.63, 3.8) is 0 Å². The van der Waals surface area contributed by atoms with Gasteiger partial charge in [-0.3, -0.25) is 0 Å². The molecule has 6 heteroatoms. The predicted octanol–water partition coefficient (Wildman–Crippen LogP) is 3.32. The number of nitrogens with zero attached hydrogens (tertiary/aromatic N) is 4. The molecule has 5 nitrogen and oxygen atoms in total. The van der Waals surface area contributed by atoms with Crippen molar-refractivity contribution in [2.24, 2.45) is 0 Å². The Morgan fingerprint density at radius 1 is 1.24 bits per heavy atom. The van der Waals surface area contributed by atoms with Gasteiger partial charge in [0, 0.05) is 12.0 Å². The van der Waals surface area contributed by atoms with Crippen LogP contribution in [0.1, 0.15) is 29.7 Å². The van der Waals surface area contributed by atoms with E-state index in [0.29, 0.717) is 0 Å². The summed E-state index contributed by atoms with van der Waals surface area (Å²) in [7, 11) is 1.67. The maximum absolute atomic E-state index is 5.33. The molecule has 2 heterocycles. The molecule has 0 N–H and O–H groups in total. The molecule has 21 heavy (non-hydrogen) atoms. The van der Waals surface area contributed by atoms with Crippen molar-refractivity contribution in [3.05, 3.63) is 40.7 Å². The SMILES string of the molecule is CCCc1nnc2sc(C=Cc3ccccc3OC)nn12. The average molecular weight is 300 g/mol. The van der Waals surface area contributed by atoms with Crippen molar-refractivity contribution >= 4 is 28.4 Å². The molecule has 3 aromatic rings. The van der Waals surface area contributed by atoms with Gasteiger partial charge in [0.2, 0.25) is 4.96 Å². The maximum Gasteiger partial charge on any atom is 0.234 e. The summed E-state index contributed by atoms with van der Waals surface area (Å²) in [6.07, 6.45) is 5.90. The summed E-state index contributed by atoms with van der Waals surface area (Å²) in [5.74, 6) is 1.77. The number of aryl methyl sites for hydroxylation is 1. The molecule has 0 unspecified atom stereocenters. The number of benzene rings is 1. The molecule has 2 aromatic heterocycles. The summed E-state index contributed by atoms with van der Waals surface area (Å²) in [5, 5.41) is 13.8. The second-order valence-corrected chi connectivity index (χ2v) is 5.56. The van der Waals surface area contributed by atoms with Crippen molar-refractivity contribution in [1.29, 1.82) is 0 Å². The van der Waals surface area contributed by atoms with Gasteiger partial charge in [-0.25, -0.2) is 0 Å². The molecule has 0 bridgehead atoms. The smallest absolute Gasteiger partial charge is 0.234 e. The Bertz CT molecular complexity index is 775. The lowest BCUT2D eigenvalue weighted by molar-refractivity contribution is 0.414. The van der Waals surface area contributed by atoms with Crippen LogP contribution in [0.3, 0.4) is 0 Å². The first-order valence-corrected chi connectivity index (χ1v) is 7.65. The van der Waals surface area contributed by atoms with Crippen LogP contribution < -0.4 is 4.74 Å². The monoisotopic (exact) mass is 300 g/mol. The first kappa shape index (κ1) is 13.8. The van der Waals surface area contributed by atoms with Crippen LogP contribution in [0.5, 0.6) is 5.75 Å². The summed E-state index contributed by atoms with van der Waals surface area (Å²) in [5.41, 5.74) is 1.03. The lowest BCUT2D eigenvalue weighted by Crippen LogP contribution is -1.94. The lowest BCUT2D eigenvalue weighted by Gasteiger charge is -2.02. The lowest BCUT2D eigenvalue weighted by atomic mass is 10.2. The van der Waals surface area contributed by atoms with Gasteiger partial charge in [0.1, 0.15) is 10.8 Å². The van der Waals surface area contributed by atoms with E-state index in [0.717, 1.165) is 39.9 Å². The zero-order valence-corrected chi connectivity index (χ0v) is 12.8. The van der Waals surface area contributed by atoms with Crippen molar-refractivity contribution in [2.75, 3.05) is 7.11 Å². The van der Waals surface area contributed by atoms with Crippen LogP contribution in [0, 0.1) is 0 Å². The van der Waals surface area contributed by atoms with Crippen molar-refractivity contribution < 1.29 is 4.74 Å². The van der Waals surface area contributed by atoms with E-state index < -0.39 is 0 Å². The first-order valence-electron chi connectivity index (χ1n) is 6.84. The van der Waals surface area contributed by atoms with Gasteiger partial charge in [-0.1, -0.05) is 36.5 Å². The van der Waals surface area contributed by atoms with Crippen molar-refractivity contribution in [3.8, 4) is 5.75 Å². The average Bonchev–Trinajstić information content (AvgIpc) is 3.07. The van der Waals surface area contributed by atoms with Crippen LogP contribution >= 0.6 is 11.3 Å². The molecule has 0 fully saturated rings. The second-order valence-electron chi connectivity index (χ2n) is 4.58. The van der Waals surface area contributed by atoms with Crippen LogP contribution in [0.4, 0.5) is 0 Å². The number of para-hydroxylation sites is 1. The number of hydrogen-bond acceptors (Lipinski definition) is 5. The minimum atomic E-state index is 0.832. The largest absolute Gasteiger partial charge is 0.496 e. The third-order valence-corrected chi connectivity index (χ3v) is 3.95. The topological polar surface area (TPSA) is 52.3 Å². The fraction of sp³-hybridized carbons (Fsp3) is 0.267. The highest BCUT2D eigenvalue weighted by Crippen LogP contribution is 2.22. The fourth-order valence-electron chi connectivity index (χ4n) is 2.08. The number of ether oxygens (including phenoxy) is 1. The molecule has 0 spiro atoms. The predicted molar refractivity (Wildman–Crippen MR) is 84.6 cm³/mol. The van der Waals surface area contributed by atoms with Crippen LogP contribution in [-0.2, 0) is 6.42 Å². The van der Waals surface area contributed by atoms with Gasteiger partial charge in [0.25, 0.3) is 0 Å². The van der Waals surface area contributed by atoms with Crippen molar-refractivity contribution in [1.82, 2.24) is 19.8 Å². The van der Waals surface area contributed by atoms with E-state index in [4.69, 9.17) is 4.74 Å². The maximum atomic E-state index is 5.33. The Kier molecular flexibility index (Phi) is 3.96. The molecule has 3 rings (SSSR count). The third kappa shape index (κ3) is 2.80. The Hall–Kier alpha value is -2.21. The fourth-order valence-corrected chi connectivity index (χ4v) is 2.84. The van der Waals surface area contributed by atoms with Gasteiger partial charge < -0.3 is 4.74 Å². The molecule has 0 saturated heterocycles. The van der Waals surface area contributed by atoms with Gasteiger partial charge in [-0.2, -0.15) is 9.61 Å². The van der Waals surface area contributed by atoms with Gasteiger partial charge in [0.05, 0.1) is 7.11 Å². The Balaban J connectivity index is 1.89. The summed E-state index contributed by atoms with van der Waals surface area (Å²) < 4.78 is 7.16. The first-order chi connectivity index (χ1) is 10.3. The highest BCUT2D eigenvalue weighted by molar-refractivity contribution is 7.17. The highest BCUT2D eigenvalue weighted by atomic mass is 32.1. The number of methoxy groups -OCH3 is 1.